The third kappa shape index (κ3) is 6.64. The second-order valence-electron chi connectivity index (χ2n) is 12.3. The van der Waals surface area contributed by atoms with Gasteiger partial charge in [0.05, 0.1) is 23.1 Å². The number of anilines is 1. The summed E-state index contributed by atoms with van der Waals surface area (Å²) < 4.78 is 5.86. The Morgan fingerprint density at radius 3 is 2.42 bits per heavy atom. The Hall–Kier alpha value is -2.28. The molecule has 3 aliphatic rings. The first-order valence-corrected chi connectivity index (χ1v) is 14.6. The SMILES string of the molecule is CC(C)(C)c1ccc(N2CC[C@@H](C(=O)N[C@H](CN3CCCC3)[C@H](O)c3ccc(OC4CC4)c(Cl)c3)C2)cc1. The van der Waals surface area contributed by atoms with E-state index in [1.165, 1.54) is 5.56 Å². The molecule has 5 rings (SSSR count). The van der Waals surface area contributed by atoms with Crippen molar-refractivity contribution in [3.8, 4) is 5.75 Å². The van der Waals surface area contributed by atoms with Gasteiger partial charge in [-0.15, -0.1) is 0 Å². The predicted octanol–water partition coefficient (Wildman–Crippen LogP) is 5.32. The molecule has 1 aliphatic carbocycles. The molecular weight excluding hydrogens is 498 g/mol. The van der Waals surface area contributed by atoms with E-state index in [2.05, 4.69) is 60.2 Å². The van der Waals surface area contributed by atoms with E-state index in [4.69, 9.17) is 16.3 Å². The number of hydrogen-bond acceptors (Lipinski definition) is 5. The van der Waals surface area contributed by atoms with E-state index in [-0.39, 0.29) is 23.3 Å². The van der Waals surface area contributed by atoms with Crippen LogP contribution >= 0.6 is 11.6 Å². The van der Waals surface area contributed by atoms with Crippen LogP contribution in [0, 0.1) is 5.92 Å². The molecule has 0 unspecified atom stereocenters. The molecule has 7 heteroatoms. The third-order valence-electron chi connectivity index (χ3n) is 8.14. The molecule has 0 aromatic heterocycles. The summed E-state index contributed by atoms with van der Waals surface area (Å²) in [5.41, 5.74) is 3.28. The zero-order chi connectivity index (χ0) is 26.9. The number of ether oxygens (including phenoxy) is 1. The van der Waals surface area contributed by atoms with E-state index in [9.17, 15) is 9.90 Å². The molecule has 2 N–H and O–H groups in total. The minimum Gasteiger partial charge on any atom is -0.489 e. The van der Waals surface area contributed by atoms with Crippen molar-refractivity contribution >= 4 is 23.2 Å². The highest BCUT2D eigenvalue weighted by molar-refractivity contribution is 6.32. The Morgan fingerprint density at radius 1 is 1.08 bits per heavy atom. The quantitative estimate of drug-likeness (QED) is 0.451. The molecule has 0 spiro atoms. The van der Waals surface area contributed by atoms with Crippen molar-refractivity contribution in [2.75, 3.05) is 37.6 Å². The summed E-state index contributed by atoms with van der Waals surface area (Å²) in [5, 5.41) is 15.1. The van der Waals surface area contributed by atoms with Crippen LogP contribution in [0.4, 0.5) is 5.69 Å². The van der Waals surface area contributed by atoms with E-state index in [1.54, 1.807) is 6.07 Å². The van der Waals surface area contributed by atoms with Crippen LogP contribution in [0.15, 0.2) is 42.5 Å². The summed E-state index contributed by atoms with van der Waals surface area (Å²) in [4.78, 5) is 18.1. The van der Waals surface area contributed by atoms with Crippen molar-refractivity contribution < 1.29 is 14.6 Å². The first-order chi connectivity index (χ1) is 18.2. The highest BCUT2D eigenvalue weighted by Crippen LogP contribution is 2.34. The highest BCUT2D eigenvalue weighted by atomic mass is 35.5. The van der Waals surface area contributed by atoms with Crippen molar-refractivity contribution in [1.29, 1.82) is 0 Å². The normalized spacial score (nSPS) is 21.9. The van der Waals surface area contributed by atoms with Gasteiger partial charge < -0.3 is 25.0 Å². The van der Waals surface area contributed by atoms with Gasteiger partial charge in [-0.05, 0) is 86.0 Å². The van der Waals surface area contributed by atoms with Gasteiger partial charge in [0, 0.05) is 25.3 Å². The number of hydrogen-bond donors (Lipinski definition) is 2. The van der Waals surface area contributed by atoms with Crippen molar-refractivity contribution in [2.24, 2.45) is 5.92 Å². The van der Waals surface area contributed by atoms with E-state index < -0.39 is 12.1 Å². The molecule has 2 aliphatic heterocycles. The molecule has 3 fully saturated rings. The van der Waals surface area contributed by atoms with Gasteiger partial charge in [-0.3, -0.25) is 4.79 Å². The van der Waals surface area contributed by atoms with E-state index in [0.717, 1.165) is 57.4 Å². The first kappa shape index (κ1) is 27.3. The summed E-state index contributed by atoms with van der Waals surface area (Å²) in [6.45, 7) is 10.8. The molecule has 0 bridgehead atoms. The highest BCUT2D eigenvalue weighted by Gasteiger charge is 2.33. The van der Waals surface area contributed by atoms with Gasteiger partial charge in [0.15, 0.2) is 0 Å². The van der Waals surface area contributed by atoms with Crippen LogP contribution in [0.25, 0.3) is 0 Å². The number of nitrogens with one attached hydrogen (secondary N) is 1. The van der Waals surface area contributed by atoms with Crippen LogP contribution in [0.5, 0.6) is 5.75 Å². The monoisotopic (exact) mass is 539 g/mol. The molecule has 2 aromatic rings. The molecule has 2 saturated heterocycles. The molecule has 6 nitrogen and oxygen atoms in total. The van der Waals surface area contributed by atoms with Gasteiger partial charge in [0.25, 0.3) is 0 Å². The van der Waals surface area contributed by atoms with Crippen LogP contribution in [0.1, 0.15) is 70.1 Å². The maximum absolute atomic E-state index is 13.5. The molecule has 0 radical (unpaired) electrons. The fraction of sp³-hybridized carbons (Fsp3) is 0.581. The Morgan fingerprint density at radius 2 is 1.79 bits per heavy atom. The van der Waals surface area contributed by atoms with E-state index in [1.807, 2.05) is 12.1 Å². The van der Waals surface area contributed by atoms with Crippen molar-refractivity contribution in [3.05, 3.63) is 58.6 Å². The molecule has 2 heterocycles. The number of rotatable bonds is 9. The lowest BCUT2D eigenvalue weighted by Crippen LogP contribution is -2.48. The Kier molecular flexibility index (Phi) is 8.22. The molecule has 1 amide bonds. The number of aliphatic hydroxyl groups is 1. The van der Waals surface area contributed by atoms with Gasteiger partial charge in [-0.25, -0.2) is 0 Å². The summed E-state index contributed by atoms with van der Waals surface area (Å²) in [6, 6.07) is 13.8. The molecular formula is C31H42ClN3O3. The maximum atomic E-state index is 13.5. The van der Waals surface area contributed by atoms with E-state index in [0.29, 0.717) is 29.4 Å². The second kappa shape index (κ2) is 11.4. The fourth-order valence-electron chi connectivity index (χ4n) is 5.54. The Labute approximate surface area is 232 Å². The lowest BCUT2D eigenvalue weighted by Gasteiger charge is -2.30. The number of aliphatic hydroxyl groups excluding tert-OH is 1. The van der Waals surface area contributed by atoms with Crippen LogP contribution in [0.3, 0.4) is 0 Å². The van der Waals surface area contributed by atoms with Crippen LogP contribution in [0.2, 0.25) is 5.02 Å². The number of benzene rings is 2. The molecule has 2 aromatic carbocycles. The standard InChI is InChI=1S/C31H42ClN3O3/c1-31(2,3)23-7-9-24(10-8-23)35-17-14-22(19-35)30(37)33-27(20-34-15-4-5-16-34)29(36)21-6-13-28(26(32)18-21)38-25-11-12-25/h6-10,13,18,22,25,27,29,36H,4-5,11-12,14-17,19-20H2,1-3H3,(H,33,37)/t22-,27-,29-/m1/s1. The van der Waals surface area contributed by atoms with Crippen molar-refractivity contribution in [3.63, 3.8) is 0 Å². The predicted molar refractivity (Wildman–Crippen MR) is 153 cm³/mol. The summed E-state index contributed by atoms with van der Waals surface area (Å²) in [6.07, 6.45) is 4.64. The average Bonchev–Trinajstić information content (AvgIpc) is 3.33. The van der Waals surface area contributed by atoms with Crippen LogP contribution in [-0.2, 0) is 10.2 Å². The smallest absolute Gasteiger partial charge is 0.225 e. The minimum atomic E-state index is -0.852. The lowest BCUT2D eigenvalue weighted by atomic mass is 9.87. The number of carbonyl (C=O) groups excluding carboxylic acids is 1. The summed E-state index contributed by atoms with van der Waals surface area (Å²) in [5.74, 6) is 0.567. The zero-order valence-corrected chi connectivity index (χ0v) is 23.7. The third-order valence-corrected chi connectivity index (χ3v) is 8.43. The van der Waals surface area contributed by atoms with Crippen LogP contribution < -0.4 is 15.0 Å². The topological polar surface area (TPSA) is 65.0 Å². The average molecular weight is 540 g/mol. The number of carbonyl (C=O) groups is 1. The van der Waals surface area contributed by atoms with Gasteiger partial charge in [-0.2, -0.15) is 0 Å². The molecule has 1 saturated carbocycles. The van der Waals surface area contributed by atoms with Gasteiger partial charge in [-0.1, -0.05) is 50.6 Å². The number of nitrogens with zero attached hydrogens (tertiary/aromatic N) is 2. The van der Waals surface area contributed by atoms with Gasteiger partial charge in [0.2, 0.25) is 5.91 Å². The second-order valence-corrected chi connectivity index (χ2v) is 12.7. The van der Waals surface area contributed by atoms with Crippen molar-refractivity contribution in [2.45, 2.75) is 76.5 Å². The lowest BCUT2D eigenvalue weighted by molar-refractivity contribution is -0.126. The molecule has 206 valence electrons. The minimum absolute atomic E-state index is 0.0156. The Balaban J connectivity index is 1.24. The molecule has 38 heavy (non-hydrogen) atoms. The fourth-order valence-corrected chi connectivity index (χ4v) is 5.78. The number of halogens is 1. The van der Waals surface area contributed by atoms with E-state index >= 15 is 0 Å². The largest absolute Gasteiger partial charge is 0.489 e. The zero-order valence-electron chi connectivity index (χ0n) is 23.0. The number of amides is 1. The number of likely N-dealkylation sites (tertiary alicyclic amines) is 1. The maximum Gasteiger partial charge on any atom is 0.225 e. The van der Waals surface area contributed by atoms with Crippen molar-refractivity contribution in [1.82, 2.24) is 10.2 Å². The Bertz CT molecular complexity index is 1110. The molecule has 3 atom stereocenters. The van der Waals surface area contributed by atoms with Crippen LogP contribution in [-0.4, -0.2) is 60.8 Å². The first-order valence-electron chi connectivity index (χ1n) is 14.2. The van der Waals surface area contributed by atoms with Gasteiger partial charge in [0.1, 0.15) is 11.9 Å². The van der Waals surface area contributed by atoms with Gasteiger partial charge >= 0.3 is 0 Å². The summed E-state index contributed by atoms with van der Waals surface area (Å²) >= 11 is 6.50. The summed E-state index contributed by atoms with van der Waals surface area (Å²) in [7, 11) is 0.